The minimum absolute atomic E-state index is 0.140. The Balaban J connectivity index is 1.54. The van der Waals surface area contributed by atoms with Gasteiger partial charge in [0.2, 0.25) is 5.91 Å². The van der Waals surface area contributed by atoms with E-state index >= 15 is 0 Å². The summed E-state index contributed by atoms with van der Waals surface area (Å²) in [6.07, 6.45) is 4.22. The molecular weight excluding hydrogens is 396 g/mol. The van der Waals surface area contributed by atoms with E-state index in [1.807, 2.05) is 6.92 Å². The van der Waals surface area contributed by atoms with Gasteiger partial charge in [-0.25, -0.2) is 0 Å². The molecule has 2 fully saturated rings. The molecule has 0 radical (unpaired) electrons. The average molecular weight is 431 g/mol. The van der Waals surface area contributed by atoms with Crippen LogP contribution in [0, 0.1) is 0 Å². The topological polar surface area (TPSA) is 90.8 Å². The van der Waals surface area contributed by atoms with Gasteiger partial charge in [0, 0.05) is 44.8 Å². The first kappa shape index (κ1) is 21.8. The maximum Gasteiger partial charge on any atom is 0.274 e. The van der Waals surface area contributed by atoms with Gasteiger partial charge in [-0.3, -0.25) is 19.1 Å². The number of carbonyl (C=O) groups excluding carboxylic acids is 3. The molecule has 2 aliphatic heterocycles. The highest BCUT2D eigenvalue weighted by Crippen LogP contribution is 2.29. The first-order valence-electron chi connectivity index (χ1n) is 11.6. The van der Waals surface area contributed by atoms with E-state index in [-0.39, 0.29) is 36.0 Å². The summed E-state index contributed by atoms with van der Waals surface area (Å²) >= 11 is 0. The maximum absolute atomic E-state index is 13.3. The van der Waals surface area contributed by atoms with Crippen LogP contribution in [0.2, 0.25) is 0 Å². The Morgan fingerprint density at radius 3 is 2.42 bits per heavy atom. The molecule has 1 saturated heterocycles. The molecule has 0 bridgehead atoms. The van der Waals surface area contributed by atoms with E-state index in [0.717, 1.165) is 45.3 Å². The number of piperazine rings is 1. The van der Waals surface area contributed by atoms with E-state index in [1.54, 1.807) is 27.5 Å². The van der Waals surface area contributed by atoms with Crippen molar-refractivity contribution in [1.82, 2.24) is 29.8 Å². The van der Waals surface area contributed by atoms with Crippen LogP contribution in [0.1, 0.15) is 67.4 Å². The summed E-state index contributed by atoms with van der Waals surface area (Å²) in [5.41, 5.74) is -0.367. The molecule has 1 aromatic rings. The van der Waals surface area contributed by atoms with E-state index in [2.05, 4.69) is 22.2 Å². The van der Waals surface area contributed by atoms with Crippen molar-refractivity contribution in [3.05, 3.63) is 17.5 Å². The van der Waals surface area contributed by atoms with Crippen LogP contribution < -0.4 is 5.32 Å². The zero-order valence-electron chi connectivity index (χ0n) is 18.9. The second kappa shape index (κ2) is 8.61. The summed E-state index contributed by atoms with van der Waals surface area (Å²) in [5.74, 6) is -0.537. The zero-order chi connectivity index (χ0) is 22.2. The normalized spacial score (nSPS) is 25.1. The quantitative estimate of drug-likeness (QED) is 0.751. The van der Waals surface area contributed by atoms with Gasteiger partial charge in [-0.1, -0.05) is 19.8 Å². The van der Waals surface area contributed by atoms with Crippen molar-refractivity contribution >= 4 is 17.7 Å². The fraction of sp³-hybridized carbons (Fsp3) is 0.727. The molecule has 31 heavy (non-hydrogen) atoms. The lowest BCUT2D eigenvalue weighted by atomic mass is 9.94. The number of hydrogen-bond donors (Lipinski definition) is 1. The SMILES string of the molecule is CCN1CCN(C(=O)c2cc3n(n2)C[C@@](C)(C(=O)NC2CCCC2)N(CC)C3=O)CC1. The highest BCUT2D eigenvalue weighted by atomic mass is 16.2. The van der Waals surface area contributed by atoms with Gasteiger partial charge >= 0.3 is 0 Å². The second-order valence-corrected chi connectivity index (χ2v) is 9.08. The lowest BCUT2D eigenvalue weighted by molar-refractivity contribution is -0.133. The van der Waals surface area contributed by atoms with Crippen molar-refractivity contribution in [3.8, 4) is 0 Å². The molecule has 1 saturated carbocycles. The van der Waals surface area contributed by atoms with Crippen molar-refractivity contribution in [2.24, 2.45) is 0 Å². The van der Waals surface area contributed by atoms with Gasteiger partial charge < -0.3 is 20.0 Å². The number of fused-ring (bicyclic) bond motifs is 1. The van der Waals surface area contributed by atoms with E-state index in [4.69, 9.17) is 0 Å². The van der Waals surface area contributed by atoms with Gasteiger partial charge in [-0.15, -0.1) is 0 Å². The lowest BCUT2D eigenvalue weighted by Gasteiger charge is -2.43. The van der Waals surface area contributed by atoms with Crippen LogP contribution in [-0.4, -0.2) is 93.1 Å². The molecule has 1 atom stereocenters. The molecule has 0 spiro atoms. The Hall–Kier alpha value is -2.42. The van der Waals surface area contributed by atoms with E-state index < -0.39 is 5.54 Å². The van der Waals surface area contributed by atoms with Gasteiger partial charge in [-0.05, 0) is 33.2 Å². The van der Waals surface area contributed by atoms with Crippen LogP contribution in [0.4, 0.5) is 0 Å². The molecule has 1 N–H and O–H groups in total. The first-order chi connectivity index (χ1) is 14.9. The van der Waals surface area contributed by atoms with Gasteiger partial charge in [0.15, 0.2) is 5.69 Å². The van der Waals surface area contributed by atoms with Crippen LogP contribution in [0.3, 0.4) is 0 Å². The number of hydrogen-bond acceptors (Lipinski definition) is 5. The number of nitrogens with one attached hydrogen (secondary N) is 1. The number of rotatable bonds is 5. The molecule has 1 aliphatic carbocycles. The zero-order valence-corrected chi connectivity index (χ0v) is 18.9. The van der Waals surface area contributed by atoms with Crippen LogP contribution in [0.15, 0.2) is 6.07 Å². The number of nitrogens with zero attached hydrogens (tertiary/aromatic N) is 5. The molecule has 170 valence electrons. The molecule has 9 heteroatoms. The Bertz CT molecular complexity index is 853. The molecule has 3 amide bonds. The minimum atomic E-state index is -1.03. The maximum atomic E-state index is 13.3. The highest BCUT2D eigenvalue weighted by Gasteiger charge is 2.48. The van der Waals surface area contributed by atoms with Gasteiger partial charge in [-0.2, -0.15) is 5.10 Å². The van der Waals surface area contributed by atoms with Crippen molar-refractivity contribution in [2.75, 3.05) is 39.3 Å². The Morgan fingerprint density at radius 2 is 1.81 bits per heavy atom. The van der Waals surface area contributed by atoms with Crippen molar-refractivity contribution < 1.29 is 14.4 Å². The van der Waals surface area contributed by atoms with Crippen molar-refractivity contribution in [3.63, 3.8) is 0 Å². The Morgan fingerprint density at radius 1 is 1.13 bits per heavy atom. The monoisotopic (exact) mass is 430 g/mol. The number of carbonyl (C=O) groups is 3. The van der Waals surface area contributed by atoms with Gasteiger partial charge in [0.25, 0.3) is 11.8 Å². The van der Waals surface area contributed by atoms with E-state index in [9.17, 15) is 14.4 Å². The summed E-state index contributed by atoms with van der Waals surface area (Å²) in [6, 6.07) is 1.77. The summed E-state index contributed by atoms with van der Waals surface area (Å²) < 4.78 is 1.55. The summed E-state index contributed by atoms with van der Waals surface area (Å²) in [6.45, 7) is 10.4. The largest absolute Gasteiger partial charge is 0.351 e. The predicted molar refractivity (Wildman–Crippen MR) is 116 cm³/mol. The summed E-state index contributed by atoms with van der Waals surface area (Å²) in [7, 11) is 0. The first-order valence-corrected chi connectivity index (χ1v) is 11.6. The molecule has 9 nitrogen and oxygen atoms in total. The molecular formula is C22H34N6O3. The standard InChI is InChI=1S/C22H34N6O3/c1-4-25-10-12-26(13-11-25)19(29)17-14-18-20(30)27(5-2)22(3,15-28(18)24-17)21(31)23-16-8-6-7-9-16/h14,16H,4-13,15H2,1-3H3,(H,23,31)/t22-/m0/s1. The third kappa shape index (κ3) is 3.95. The predicted octanol–water partition coefficient (Wildman–Crippen LogP) is 0.954. The molecule has 4 rings (SSSR count). The van der Waals surface area contributed by atoms with E-state index in [1.165, 1.54) is 0 Å². The van der Waals surface area contributed by atoms with Crippen molar-refractivity contribution in [2.45, 2.75) is 64.6 Å². The average Bonchev–Trinajstić information content (AvgIpc) is 3.43. The van der Waals surface area contributed by atoms with Crippen LogP contribution in [-0.2, 0) is 11.3 Å². The van der Waals surface area contributed by atoms with Crippen molar-refractivity contribution in [1.29, 1.82) is 0 Å². The Labute approximate surface area is 183 Å². The highest BCUT2D eigenvalue weighted by molar-refractivity contribution is 6.02. The number of aromatic nitrogens is 2. The van der Waals surface area contributed by atoms with Crippen LogP contribution in [0.25, 0.3) is 0 Å². The molecule has 0 unspecified atom stereocenters. The smallest absolute Gasteiger partial charge is 0.274 e. The minimum Gasteiger partial charge on any atom is -0.351 e. The molecule has 1 aromatic heterocycles. The molecule has 3 heterocycles. The summed E-state index contributed by atoms with van der Waals surface area (Å²) in [5, 5.41) is 7.62. The lowest BCUT2D eigenvalue weighted by Crippen LogP contribution is -2.64. The molecule has 0 aromatic carbocycles. The summed E-state index contributed by atoms with van der Waals surface area (Å²) in [4.78, 5) is 45.2. The number of amides is 3. The Kier molecular flexibility index (Phi) is 6.05. The second-order valence-electron chi connectivity index (χ2n) is 9.08. The van der Waals surface area contributed by atoms with E-state index in [0.29, 0.717) is 25.3 Å². The third-order valence-electron chi connectivity index (χ3n) is 7.12. The van der Waals surface area contributed by atoms with Gasteiger partial charge in [0.05, 0.1) is 6.54 Å². The fourth-order valence-corrected chi connectivity index (χ4v) is 5.08. The van der Waals surface area contributed by atoms with Crippen LogP contribution in [0.5, 0.6) is 0 Å². The number of likely N-dealkylation sites (N-methyl/N-ethyl adjacent to an activating group) is 2. The fourth-order valence-electron chi connectivity index (χ4n) is 5.08. The third-order valence-corrected chi connectivity index (χ3v) is 7.12. The van der Waals surface area contributed by atoms with Crippen LogP contribution >= 0.6 is 0 Å². The molecule has 3 aliphatic rings. The van der Waals surface area contributed by atoms with Gasteiger partial charge in [0.1, 0.15) is 11.2 Å².